The number of hydrogen-bond donors (Lipinski definition) is 2. The zero-order valence-corrected chi connectivity index (χ0v) is 15.6. The first-order valence-electron chi connectivity index (χ1n) is 7.40. The lowest BCUT2D eigenvalue weighted by atomic mass is 10.1. The lowest BCUT2D eigenvalue weighted by molar-refractivity contribution is -0.116. The van der Waals surface area contributed by atoms with Gasteiger partial charge in [0.25, 0.3) is 0 Å². The fourth-order valence-electron chi connectivity index (χ4n) is 2.16. The van der Waals surface area contributed by atoms with Gasteiger partial charge in [0, 0.05) is 22.0 Å². The second kappa shape index (κ2) is 8.61. The largest absolute Gasteiger partial charge is 0.497 e. The molecule has 2 aromatic carbocycles. The van der Waals surface area contributed by atoms with Crippen molar-refractivity contribution in [3.8, 4) is 5.75 Å². The van der Waals surface area contributed by atoms with Crippen LogP contribution in [0.3, 0.4) is 0 Å². The van der Waals surface area contributed by atoms with Crippen LogP contribution in [0.1, 0.15) is 33.6 Å². The van der Waals surface area contributed by atoms with Gasteiger partial charge in [-0.3, -0.25) is 9.59 Å². The fourth-order valence-corrected chi connectivity index (χ4v) is 2.65. The van der Waals surface area contributed by atoms with E-state index in [1.54, 1.807) is 30.3 Å². The maximum atomic E-state index is 12.1. The first-order valence-corrected chi connectivity index (χ1v) is 8.48. The summed E-state index contributed by atoms with van der Waals surface area (Å²) in [6.45, 7) is 0. The quantitative estimate of drug-likeness (QED) is 0.494. The number of benzene rings is 2. The molecule has 25 heavy (non-hydrogen) atoms. The number of aromatic carboxylic acids is 1. The van der Waals surface area contributed by atoms with Crippen molar-refractivity contribution >= 4 is 45.9 Å². The number of carbonyl (C=O) groups excluding carboxylic acids is 2. The molecule has 0 heterocycles. The predicted molar refractivity (Wildman–Crippen MR) is 101 cm³/mol. The molecular weight excluding hydrogens is 437 g/mol. The molecule has 0 atom stereocenters. The Hall–Kier alpha value is -2.42. The average Bonchev–Trinajstić information content (AvgIpc) is 2.61. The molecule has 0 aliphatic carbocycles. The molecule has 2 rings (SSSR count). The molecule has 130 valence electrons. The third-order valence-corrected chi connectivity index (χ3v) is 4.15. The van der Waals surface area contributed by atoms with E-state index in [9.17, 15) is 19.5 Å². The van der Waals surface area contributed by atoms with Gasteiger partial charge in [-0.05, 0) is 65.1 Å². The van der Waals surface area contributed by atoms with Crippen LogP contribution >= 0.6 is 22.6 Å². The number of ether oxygens (including phenoxy) is 1. The number of carboxylic acids is 1. The minimum absolute atomic E-state index is 0.0155. The van der Waals surface area contributed by atoms with Crippen molar-refractivity contribution in [3.05, 3.63) is 57.2 Å². The third kappa shape index (κ3) is 5.28. The Balaban J connectivity index is 1.96. The van der Waals surface area contributed by atoms with Gasteiger partial charge in [-0.1, -0.05) is 0 Å². The molecule has 2 aromatic rings. The molecule has 1 amide bonds. The topological polar surface area (TPSA) is 92.7 Å². The lowest BCUT2D eigenvalue weighted by Gasteiger charge is -2.09. The number of methoxy groups -OCH3 is 1. The minimum Gasteiger partial charge on any atom is -0.497 e. The normalized spacial score (nSPS) is 10.2. The van der Waals surface area contributed by atoms with Crippen LogP contribution in [0.5, 0.6) is 5.75 Å². The number of nitrogens with one attached hydrogen (secondary N) is 1. The molecule has 7 heteroatoms. The Morgan fingerprint density at radius 2 is 1.76 bits per heavy atom. The van der Waals surface area contributed by atoms with Crippen molar-refractivity contribution in [1.82, 2.24) is 0 Å². The predicted octanol–water partition coefficient (Wildman–Crippen LogP) is 3.60. The summed E-state index contributed by atoms with van der Waals surface area (Å²) in [4.78, 5) is 35.4. The number of carbonyl (C=O) groups is 3. The van der Waals surface area contributed by atoms with Crippen LogP contribution in [0.4, 0.5) is 5.69 Å². The molecule has 0 aromatic heterocycles. The summed E-state index contributed by atoms with van der Waals surface area (Å²) in [7, 11) is 1.54. The Morgan fingerprint density at radius 3 is 2.36 bits per heavy atom. The third-order valence-electron chi connectivity index (χ3n) is 3.48. The number of halogens is 1. The van der Waals surface area contributed by atoms with Gasteiger partial charge in [-0.25, -0.2) is 4.79 Å². The van der Waals surface area contributed by atoms with Crippen molar-refractivity contribution in [2.75, 3.05) is 12.4 Å². The highest BCUT2D eigenvalue weighted by Crippen LogP contribution is 2.20. The first-order chi connectivity index (χ1) is 11.9. The van der Waals surface area contributed by atoms with E-state index in [0.29, 0.717) is 11.3 Å². The zero-order valence-electron chi connectivity index (χ0n) is 13.4. The second-order valence-corrected chi connectivity index (χ2v) is 6.44. The van der Waals surface area contributed by atoms with E-state index in [0.717, 1.165) is 3.57 Å². The smallest absolute Gasteiger partial charge is 0.337 e. The number of hydrogen-bond acceptors (Lipinski definition) is 4. The standard InChI is InChI=1S/C18H16INO5/c1-25-13-5-2-11(3-6-13)16(21)8-9-17(22)20-15-7-4-12(19)10-14(15)18(23)24/h2-7,10H,8-9H2,1H3,(H,20,22)(H,23,24). The summed E-state index contributed by atoms with van der Waals surface area (Å²) < 4.78 is 5.78. The summed E-state index contributed by atoms with van der Waals surface area (Å²) in [5.74, 6) is -1.05. The average molecular weight is 453 g/mol. The van der Waals surface area contributed by atoms with E-state index in [2.05, 4.69) is 5.32 Å². The summed E-state index contributed by atoms with van der Waals surface area (Å²) in [5, 5.41) is 11.7. The van der Waals surface area contributed by atoms with Crippen molar-refractivity contribution in [2.24, 2.45) is 0 Å². The Labute approximate surface area is 158 Å². The molecule has 0 saturated heterocycles. The number of anilines is 1. The van der Waals surface area contributed by atoms with E-state index < -0.39 is 11.9 Å². The minimum atomic E-state index is -1.12. The fraction of sp³-hybridized carbons (Fsp3) is 0.167. The molecule has 6 nitrogen and oxygen atoms in total. The molecule has 0 aliphatic rings. The maximum Gasteiger partial charge on any atom is 0.337 e. The van der Waals surface area contributed by atoms with E-state index >= 15 is 0 Å². The highest BCUT2D eigenvalue weighted by Gasteiger charge is 2.14. The van der Waals surface area contributed by atoms with Crippen LogP contribution in [0.25, 0.3) is 0 Å². The van der Waals surface area contributed by atoms with E-state index in [1.165, 1.54) is 19.2 Å². The molecule has 0 fully saturated rings. The van der Waals surface area contributed by atoms with Gasteiger partial charge in [-0.2, -0.15) is 0 Å². The highest BCUT2D eigenvalue weighted by atomic mass is 127. The molecule has 0 unspecified atom stereocenters. The summed E-state index contributed by atoms with van der Waals surface area (Å²) >= 11 is 2.00. The van der Waals surface area contributed by atoms with Gasteiger partial charge in [0.2, 0.25) is 5.91 Å². The van der Waals surface area contributed by atoms with Crippen LogP contribution in [0.2, 0.25) is 0 Å². The molecule has 0 saturated carbocycles. The first kappa shape index (κ1) is 18.9. The number of ketones is 1. The van der Waals surface area contributed by atoms with Crippen molar-refractivity contribution in [3.63, 3.8) is 0 Å². The molecular formula is C18H16INO5. The highest BCUT2D eigenvalue weighted by molar-refractivity contribution is 14.1. The van der Waals surface area contributed by atoms with Gasteiger partial charge >= 0.3 is 5.97 Å². The van der Waals surface area contributed by atoms with Crippen molar-refractivity contribution in [2.45, 2.75) is 12.8 Å². The van der Waals surface area contributed by atoms with E-state index in [4.69, 9.17) is 4.74 Å². The zero-order chi connectivity index (χ0) is 18.4. The maximum absolute atomic E-state index is 12.1. The van der Waals surface area contributed by atoms with E-state index in [-0.39, 0.29) is 29.9 Å². The van der Waals surface area contributed by atoms with Crippen molar-refractivity contribution in [1.29, 1.82) is 0 Å². The van der Waals surface area contributed by atoms with Crippen LogP contribution in [0, 0.1) is 3.57 Å². The molecule has 2 N–H and O–H groups in total. The van der Waals surface area contributed by atoms with Crippen LogP contribution in [-0.4, -0.2) is 29.9 Å². The molecule has 0 spiro atoms. The molecule has 0 radical (unpaired) electrons. The Morgan fingerprint density at radius 1 is 1.08 bits per heavy atom. The van der Waals surface area contributed by atoms with Crippen LogP contribution < -0.4 is 10.1 Å². The SMILES string of the molecule is COc1ccc(C(=O)CCC(=O)Nc2ccc(I)cc2C(=O)O)cc1. The molecule has 0 aliphatic heterocycles. The summed E-state index contributed by atoms with van der Waals surface area (Å²) in [6, 6.07) is 11.3. The Bertz CT molecular complexity index is 802. The van der Waals surface area contributed by atoms with Crippen LogP contribution in [0.15, 0.2) is 42.5 Å². The Kier molecular flexibility index (Phi) is 6.51. The van der Waals surface area contributed by atoms with Gasteiger partial charge in [-0.15, -0.1) is 0 Å². The molecule has 0 bridgehead atoms. The lowest BCUT2D eigenvalue weighted by Crippen LogP contribution is -2.16. The number of carboxylic acid groups (broad SMARTS) is 1. The second-order valence-electron chi connectivity index (χ2n) is 5.19. The number of amides is 1. The summed E-state index contributed by atoms with van der Waals surface area (Å²) in [6.07, 6.45) is 0.000836. The number of rotatable bonds is 7. The van der Waals surface area contributed by atoms with Crippen LogP contribution in [-0.2, 0) is 4.79 Å². The summed E-state index contributed by atoms with van der Waals surface area (Å²) in [5.41, 5.74) is 0.727. The van der Waals surface area contributed by atoms with Gasteiger partial charge in [0.15, 0.2) is 5.78 Å². The van der Waals surface area contributed by atoms with Gasteiger partial charge in [0.05, 0.1) is 18.4 Å². The van der Waals surface area contributed by atoms with E-state index in [1.807, 2.05) is 22.6 Å². The monoisotopic (exact) mass is 453 g/mol. The van der Waals surface area contributed by atoms with Crippen molar-refractivity contribution < 1.29 is 24.2 Å². The van der Waals surface area contributed by atoms with Gasteiger partial charge < -0.3 is 15.2 Å². The van der Waals surface area contributed by atoms with Gasteiger partial charge in [0.1, 0.15) is 5.75 Å². The number of Topliss-reactive ketones (excluding diaryl/α,β-unsaturated/α-hetero) is 1.